The van der Waals surface area contributed by atoms with E-state index in [4.69, 9.17) is 5.11 Å². The zero-order chi connectivity index (χ0) is 16.0. The molecule has 0 aliphatic carbocycles. The van der Waals surface area contributed by atoms with Gasteiger partial charge in [-0.25, -0.2) is 4.79 Å². The number of nitrogens with one attached hydrogen (secondary N) is 1. The molecule has 21 heavy (non-hydrogen) atoms. The van der Waals surface area contributed by atoms with E-state index in [1.54, 1.807) is 0 Å². The molecule has 0 fully saturated rings. The van der Waals surface area contributed by atoms with Gasteiger partial charge in [-0.3, -0.25) is 4.79 Å². The molecule has 0 aromatic heterocycles. The number of amides is 1. The van der Waals surface area contributed by atoms with Crippen LogP contribution in [0, 0.1) is 0 Å². The van der Waals surface area contributed by atoms with Crippen LogP contribution < -0.4 is 5.32 Å². The fraction of sp³-hybridized carbons (Fsp3) is 0.467. The molecule has 3 N–H and O–H groups in total. The highest BCUT2D eigenvalue weighted by molar-refractivity contribution is 8.00. The molecule has 0 spiro atoms. The second-order valence-electron chi connectivity index (χ2n) is 5.37. The van der Waals surface area contributed by atoms with Gasteiger partial charge in [0.2, 0.25) is 5.91 Å². The van der Waals surface area contributed by atoms with Crippen LogP contribution >= 0.6 is 11.8 Å². The quantitative estimate of drug-likeness (QED) is 0.669. The van der Waals surface area contributed by atoms with E-state index in [9.17, 15) is 14.7 Å². The first kappa shape index (κ1) is 17.5. The van der Waals surface area contributed by atoms with Gasteiger partial charge in [0.05, 0.1) is 12.3 Å². The second-order valence-corrected chi connectivity index (χ2v) is 6.42. The Balaban J connectivity index is 2.41. The Kier molecular flexibility index (Phi) is 6.23. The molecule has 1 rings (SSSR count). The zero-order valence-corrected chi connectivity index (χ0v) is 13.2. The van der Waals surface area contributed by atoms with Gasteiger partial charge in [-0.1, -0.05) is 26.0 Å². The highest BCUT2D eigenvalue weighted by Crippen LogP contribution is 2.21. The number of carbonyl (C=O) groups is 2. The fourth-order valence-corrected chi connectivity index (χ4v) is 2.22. The maximum absolute atomic E-state index is 11.6. The topological polar surface area (TPSA) is 86.6 Å². The first-order valence-electron chi connectivity index (χ1n) is 6.67. The smallest absolute Gasteiger partial charge is 0.337 e. The molecule has 1 unspecified atom stereocenters. The van der Waals surface area contributed by atoms with E-state index >= 15 is 0 Å². The van der Waals surface area contributed by atoms with E-state index < -0.39 is 11.6 Å². The summed E-state index contributed by atoms with van der Waals surface area (Å²) in [6, 6.07) is 7.97. The first-order valence-corrected chi connectivity index (χ1v) is 7.66. The van der Waals surface area contributed by atoms with Crippen molar-refractivity contribution in [3.8, 4) is 0 Å². The number of hydrogen-bond acceptors (Lipinski definition) is 4. The second kappa shape index (κ2) is 7.47. The average molecular weight is 311 g/mol. The van der Waals surface area contributed by atoms with Crippen molar-refractivity contribution < 1.29 is 19.8 Å². The van der Waals surface area contributed by atoms with Crippen LogP contribution in [0.5, 0.6) is 0 Å². The fourth-order valence-electron chi connectivity index (χ4n) is 1.50. The van der Waals surface area contributed by atoms with Crippen LogP contribution in [0.25, 0.3) is 0 Å². The minimum absolute atomic E-state index is 0.177. The predicted octanol–water partition coefficient (Wildman–Crippen LogP) is 1.85. The van der Waals surface area contributed by atoms with Crippen LogP contribution in [0.2, 0.25) is 0 Å². The van der Waals surface area contributed by atoms with E-state index in [-0.39, 0.29) is 18.2 Å². The Morgan fingerprint density at radius 1 is 1.29 bits per heavy atom. The van der Waals surface area contributed by atoms with Gasteiger partial charge in [-0.05, 0) is 30.5 Å². The largest absolute Gasteiger partial charge is 0.479 e. The summed E-state index contributed by atoms with van der Waals surface area (Å²) in [6.07, 6.45) is 0. The molecule has 0 aliphatic rings. The standard InChI is InChI=1S/C15H21NO4S/c1-10(2)11-4-6-12(7-5-11)21-8-13(17)16-9-15(3,20)14(18)19/h4-7,10,20H,8-9H2,1-3H3,(H,16,17)(H,18,19). The number of carboxylic acid groups (broad SMARTS) is 1. The highest BCUT2D eigenvalue weighted by Gasteiger charge is 2.30. The summed E-state index contributed by atoms with van der Waals surface area (Å²) in [6.45, 7) is 5.06. The van der Waals surface area contributed by atoms with Gasteiger partial charge >= 0.3 is 5.97 Å². The maximum atomic E-state index is 11.6. The summed E-state index contributed by atoms with van der Waals surface area (Å²) in [5, 5.41) is 20.6. The Morgan fingerprint density at radius 2 is 1.86 bits per heavy atom. The third-order valence-electron chi connectivity index (χ3n) is 3.01. The molecule has 0 radical (unpaired) electrons. The van der Waals surface area contributed by atoms with E-state index in [0.717, 1.165) is 11.8 Å². The number of rotatable bonds is 7. The van der Waals surface area contributed by atoms with Crippen molar-refractivity contribution >= 4 is 23.6 Å². The van der Waals surface area contributed by atoms with Gasteiger partial charge in [0.1, 0.15) is 0 Å². The summed E-state index contributed by atoms with van der Waals surface area (Å²) in [7, 11) is 0. The lowest BCUT2D eigenvalue weighted by Gasteiger charge is -2.18. The molecule has 1 amide bonds. The summed E-state index contributed by atoms with van der Waals surface area (Å²) in [4.78, 5) is 23.3. The number of benzene rings is 1. The predicted molar refractivity (Wildman–Crippen MR) is 82.5 cm³/mol. The highest BCUT2D eigenvalue weighted by atomic mass is 32.2. The lowest BCUT2D eigenvalue weighted by molar-refractivity contribution is -0.156. The maximum Gasteiger partial charge on any atom is 0.337 e. The van der Waals surface area contributed by atoms with E-state index in [1.165, 1.54) is 17.3 Å². The van der Waals surface area contributed by atoms with Crippen molar-refractivity contribution in [3.63, 3.8) is 0 Å². The van der Waals surface area contributed by atoms with Crippen molar-refractivity contribution in [2.45, 2.75) is 37.2 Å². The van der Waals surface area contributed by atoms with Crippen molar-refractivity contribution in [3.05, 3.63) is 29.8 Å². The van der Waals surface area contributed by atoms with E-state index in [0.29, 0.717) is 5.92 Å². The molecule has 1 atom stereocenters. The molecular formula is C15H21NO4S. The third kappa shape index (κ3) is 5.77. The Labute approximate surface area is 128 Å². The number of aliphatic carboxylic acids is 1. The normalized spacial score (nSPS) is 13.8. The van der Waals surface area contributed by atoms with Crippen LogP contribution in [0.3, 0.4) is 0 Å². The number of thioether (sulfide) groups is 1. The van der Waals surface area contributed by atoms with Crippen LogP contribution in [-0.2, 0) is 9.59 Å². The van der Waals surface area contributed by atoms with Gasteiger partial charge in [0.25, 0.3) is 0 Å². The lowest BCUT2D eigenvalue weighted by atomic mass is 10.0. The van der Waals surface area contributed by atoms with Gasteiger partial charge in [-0.2, -0.15) is 0 Å². The zero-order valence-electron chi connectivity index (χ0n) is 12.4. The summed E-state index contributed by atoms with van der Waals surface area (Å²) >= 11 is 1.37. The summed E-state index contributed by atoms with van der Waals surface area (Å²) in [5.41, 5.74) is -0.708. The van der Waals surface area contributed by atoms with Gasteiger partial charge in [0, 0.05) is 4.90 Å². The van der Waals surface area contributed by atoms with Crippen LogP contribution in [0.4, 0.5) is 0 Å². The molecular weight excluding hydrogens is 290 g/mol. The monoisotopic (exact) mass is 311 g/mol. The Bertz CT molecular complexity index is 497. The SMILES string of the molecule is CC(C)c1ccc(SCC(=O)NCC(C)(O)C(=O)O)cc1. The van der Waals surface area contributed by atoms with E-state index in [2.05, 4.69) is 19.2 Å². The molecule has 5 nitrogen and oxygen atoms in total. The number of hydrogen-bond donors (Lipinski definition) is 3. The van der Waals surface area contributed by atoms with Crippen molar-refractivity contribution in [2.75, 3.05) is 12.3 Å². The van der Waals surface area contributed by atoms with Crippen molar-refractivity contribution in [2.24, 2.45) is 0 Å². The van der Waals surface area contributed by atoms with Crippen LogP contribution in [0.1, 0.15) is 32.3 Å². The molecule has 0 saturated carbocycles. The number of aliphatic hydroxyl groups is 1. The lowest BCUT2D eigenvalue weighted by Crippen LogP contribution is -2.46. The molecule has 6 heteroatoms. The summed E-state index contributed by atoms with van der Waals surface area (Å²) in [5.74, 6) is -1.03. The first-order chi connectivity index (χ1) is 9.72. The van der Waals surface area contributed by atoms with Gasteiger partial charge in [0.15, 0.2) is 5.60 Å². The number of carboxylic acids is 1. The molecule has 116 valence electrons. The van der Waals surface area contributed by atoms with E-state index in [1.807, 2.05) is 24.3 Å². The molecule has 1 aromatic rings. The average Bonchev–Trinajstić information content (AvgIpc) is 2.43. The molecule has 1 aromatic carbocycles. The minimum atomic E-state index is -1.95. The molecule has 0 saturated heterocycles. The van der Waals surface area contributed by atoms with Gasteiger partial charge in [-0.15, -0.1) is 11.8 Å². The molecule has 0 heterocycles. The molecule has 0 bridgehead atoms. The van der Waals surface area contributed by atoms with Crippen molar-refractivity contribution in [1.29, 1.82) is 0 Å². The minimum Gasteiger partial charge on any atom is -0.479 e. The third-order valence-corrected chi connectivity index (χ3v) is 4.02. The Hall–Kier alpha value is -1.53. The molecule has 0 aliphatic heterocycles. The number of carbonyl (C=O) groups excluding carboxylic acids is 1. The van der Waals surface area contributed by atoms with Crippen molar-refractivity contribution in [1.82, 2.24) is 5.32 Å². The summed E-state index contributed by atoms with van der Waals surface area (Å²) < 4.78 is 0. The van der Waals surface area contributed by atoms with Crippen LogP contribution in [0.15, 0.2) is 29.2 Å². The van der Waals surface area contributed by atoms with Gasteiger partial charge < -0.3 is 15.5 Å². The Morgan fingerprint density at radius 3 is 2.33 bits per heavy atom. The van der Waals surface area contributed by atoms with Crippen LogP contribution in [-0.4, -0.2) is 40.0 Å².